The molecule has 0 aliphatic carbocycles. The standard InChI is InChI=1S/C21H24Br2N2O3S/c1-3-15-12-18(23)11-14(2)20(15)24-21(26)16-5-4-10-25(13-16)29(27,28)19-8-6-17(22)7-9-19/h6-9,11-12,16H,3-5,10,13H2,1-2H3,(H,24,26)/t16-/m0/s1. The van der Waals surface area contributed by atoms with Gasteiger partial charge in [0.05, 0.1) is 10.8 Å². The Labute approximate surface area is 189 Å². The Morgan fingerprint density at radius 3 is 2.52 bits per heavy atom. The molecule has 0 unspecified atom stereocenters. The molecular formula is C21H24Br2N2O3S. The van der Waals surface area contributed by atoms with E-state index in [1.54, 1.807) is 24.3 Å². The SMILES string of the molecule is CCc1cc(Br)cc(C)c1NC(=O)[C@H]1CCCN(S(=O)(=O)c2ccc(Br)cc2)C1. The lowest BCUT2D eigenvalue weighted by atomic mass is 9.98. The van der Waals surface area contributed by atoms with Crippen molar-refractivity contribution in [2.45, 2.75) is 38.0 Å². The molecule has 0 spiro atoms. The van der Waals surface area contributed by atoms with Crippen LogP contribution in [0.25, 0.3) is 0 Å². The van der Waals surface area contributed by atoms with E-state index in [1.807, 2.05) is 26.0 Å². The number of benzene rings is 2. The second-order valence-corrected chi connectivity index (χ2v) is 11.0. The van der Waals surface area contributed by atoms with Crippen LogP contribution in [-0.4, -0.2) is 31.7 Å². The van der Waals surface area contributed by atoms with Crippen molar-refractivity contribution >= 4 is 53.5 Å². The minimum atomic E-state index is -3.62. The van der Waals surface area contributed by atoms with Gasteiger partial charge in [0, 0.05) is 27.7 Å². The fourth-order valence-electron chi connectivity index (χ4n) is 3.63. The molecule has 1 amide bonds. The predicted octanol–water partition coefficient (Wildman–Crippen LogP) is 5.12. The quantitative estimate of drug-likeness (QED) is 0.569. The Balaban J connectivity index is 1.77. The molecule has 5 nitrogen and oxygen atoms in total. The summed E-state index contributed by atoms with van der Waals surface area (Å²) in [6, 6.07) is 10.6. The highest BCUT2D eigenvalue weighted by atomic mass is 79.9. The number of amides is 1. The van der Waals surface area contributed by atoms with Crippen LogP contribution in [0.1, 0.15) is 30.9 Å². The lowest BCUT2D eigenvalue weighted by molar-refractivity contribution is -0.120. The van der Waals surface area contributed by atoms with Crippen molar-refractivity contribution < 1.29 is 13.2 Å². The van der Waals surface area contributed by atoms with Gasteiger partial charge in [0.2, 0.25) is 15.9 Å². The Hall–Kier alpha value is -1.22. The first-order valence-electron chi connectivity index (χ1n) is 9.58. The molecule has 1 heterocycles. The number of piperidine rings is 1. The van der Waals surface area contributed by atoms with Gasteiger partial charge in [0.1, 0.15) is 0 Å². The van der Waals surface area contributed by atoms with Crippen LogP contribution in [-0.2, 0) is 21.2 Å². The number of aryl methyl sites for hydroxylation is 2. The van der Waals surface area contributed by atoms with Crippen LogP contribution in [0.15, 0.2) is 50.2 Å². The van der Waals surface area contributed by atoms with Gasteiger partial charge in [-0.1, -0.05) is 38.8 Å². The first-order valence-corrected chi connectivity index (χ1v) is 12.6. The highest BCUT2D eigenvalue weighted by Gasteiger charge is 2.33. The average molecular weight is 544 g/mol. The lowest BCUT2D eigenvalue weighted by Gasteiger charge is -2.31. The van der Waals surface area contributed by atoms with E-state index in [0.29, 0.717) is 19.4 Å². The van der Waals surface area contributed by atoms with Gasteiger partial charge in [-0.05, 0) is 73.7 Å². The molecule has 1 fully saturated rings. The number of nitrogens with one attached hydrogen (secondary N) is 1. The molecule has 2 aromatic carbocycles. The molecule has 1 aliphatic rings. The van der Waals surface area contributed by atoms with E-state index in [9.17, 15) is 13.2 Å². The van der Waals surface area contributed by atoms with Gasteiger partial charge < -0.3 is 5.32 Å². The first kappa shape index (κ1) is 22.5. The van der Waals surface area contributed by atoms with Crippen LogP contribution in [0.2, 0.25) is 0 Å². The summed E-state index contributed by atoms with van der Waals surface area (Å²) in [4.78, 5) is 13.2. The second-order valence-electron chi connectivity index (χ2n) is 7.26. The number of sulfonamides is 1. The molecule has 3 rings (SSSR count). The predicted molar refractivity (Wildman–Crippen MR) is 123 cm³/mol. The van der Waals surface area contributed by atoms with Crippen LogP contribution >= 0.6 is 31.9 Å². The van der Waals surface area contributed by atoms with Crippen LogP contribution in [0.3, 0.4) is 0 Å². The van der Waals surface area contributed by atoms with Crippen LogP contribution in [0.4, 0.5) is 5.69 Å². The molecule has 1 atom stereocenters. The number of hydrogen-bond donors (Lipinski definition) is 1. The van der Waals surface area contributed by atoms with E-state index in [-0.39, 0.29) is 23.3 Å². The third-order valence-corrected chi connectivity index (χ3v) is 8.08. The van der Waals surface area contributed by atoms with Crippen molar-refractivity contribution in [2.24, 2.45) is 5.92 Å². The van der Waals surface area contributed by atoms with E-state index in [4.69, 9.17) is 0 Å². The maximum Gasteiger partial charge on any atom is 0.243 e. The summed E-state index contributed by atoms with van der Waals surface area (Å²) >= 11 is 6.82. The van der Waals surface area contributed by atoms with Gasteiger partial charge in [-0.15, -0.1) is 0 Å². The minimum Gasteiger partial charge on any atom is -0.325 e. The van der Waals surface area contributed by atoms with E-state index < -0.39 is 10.0 Å². The third kappa shape index (κ3) is 5.10. The number of hydrogen-bond acceptors (Lipinski definition) is 3. The molecule has 156 valence electrons. The van der Waals surface area contributed by atoms with Crippen molar-refractivity contribution in [2.75, 3.05) is 18.4 Å². The van der Waals surface area contributed by atoms with Gasteiger partial charge in [-0.3, -0.25) is 4.79 Å². The lowest BCUT2D eigenvalue weighted by Crippen LogP contribution is -2.43. The van der Waals surface area contributed by atoms with Crippen molar-refractivity contribution in [3.8, 4) is 0 Å². The van der Waals surface area contributed by atoms with Crippen molar-refractivity contribution in [1.82, 2.24) is 4.31 Å². The summed E-state index contributed by atoms with van der Waals surface area (Å²) in [7, 11) is -3.62. The van der Waals surface area contributed by atoms with Gasteiger partial charge >= 0.3 is 0 Å². The van der Waals surface area contributed by atoms with E-state index in [2.05, 4.69) is 37.2 Å². The number of carbonyl (C=O) groups is 1. The molecule has 0 aromatic heterocycles. The molecule has 2 aromatic rings. The zero-order valence-electron chi connectivity index (χ0n) is 16.4. The van der Waals surface area contributed by atoms with Crippen molar-refractivity contribution in [3.63, 3.8) is 0 Å². The second kappa shape index (κ2) is 9.29. The van der Waals surface area contributed by atoms with Crippen molar-refractivity contribution in [1.29, 1.82) is 0 Å². The molecule has 0 saturated carbocycles. The number of nitrogens with zero attached hydrogens (tertiary/aromatic N) is 1. The smallest absolute Gasteiger partial charge is 0.243 e. The fraction of sp³-hybridized carbons (Fsp3) is 0.381. The number of halogens is 2. The highest BCUT2D eigenvalue weighted by molar-refractivity contribution is 9.10. The molecule has 8 heteroatoms. The maximum absolute atomic E-state index is 13.0. The summed E-state index contributed by atoms with van der Waals surface area (Å²) in [6.45, 7) is 4.63. The van der Waals surface area contributed by atoms with E-state index >= 15 is 0 Å². The summed E-state index contributed by atoms with van der Waals surface area (Å²) in [5.74, 6) is -0.498. The Kier molecular flexibility index (Phi) is 7.19. The van der Waals surface area contributed by atoms with Crippen molar-refractivity contribution in [3.05, 3.63) is 56.5 Å². The topological polar surface area (TPSA) is 66.5 Å². The number of carbonyl (C=O) groups excluding carboxylic acids is 1. The molecule has 0 radical (unpaired) electrons. The highest BCUT2D eigenvalue weighted by Crippen LogP contribution is 2.29. The van der Waals surface area contributed by atoms with Crippen LogP contribution in [0, 0.1) is 12.8 Å². The molecule has 29 heavy (non-hydrogen) atoms. The molecule has 1 N–H and O–H groups in total. The number of rotatable bonds is 5. The first-order chi connectivity index (χ1) is 13.7. The maximum atomic E-state index is 13.0. The summed E-state index contributed by atoms with van der Waals surface area (Å²) < 4.78 is 29.2. The monoisotopic (exact) mass is 542 g/mol. The number of anilines is 1. The van der Waals surface area contributed by atoms with Gasteiger partial charge in [0.25, 0.3) is 0 Å². The molecule has 1 saturated heterocycles. The molecule has 0 bridgehead atoms. The largest absolute Gasteiger partial charge is 0.325 e. The zero-order valence-corrected chi connectivity index (χ0v) is 20.4. The molecule has 1 aliphatic heterocycles. The fourth-order valence-corrected chi connectivity index (χ4v) is 6.03. The zero-order chi connectivity index (χ0) is 21.2. The van der Waals surface area contributed by atoms with Gasteiger partial charge in [-0.25, -0.2) is 8.42 Å². The van der Waals surface area contributed by atoms with Crippen LogP contribution in [0.5, 0.6) is 0 Å². The van der Waals surface area contributed by atoms with Gasteiger partial charge in [-0.2, -0.15) is 4.31 Å². The Morgan fingerprint density at radius 2 is 1.86 bits per heavy atom. The summed E-state index contributed by atoms with van der Waals surface area (Å²) in [5, 5.41) is 3.06. The van der Waals surface area contributed by atoms with E-state index in [0.717, 1.165) is 32.2 Å². The van der Waals surface area contributed by atoms with Gasteiger partial charge in [0.15, 0.2) is 0 Å². The molecular weight excluding hydrogens is 520 g/mol. The van der Waals surface area contributed by atoms with E-state index in [1.165, 1.54) is 4.31 Å². The Bertz CT molecular complexity index is 1010. The average Bonchev–Trinajstić information content (AvgIpc) is 2.70. The summed E-state index contributed by atoms with van der Waals surface area (Å²) in [5.41, 5.74) is 2.87. The minimum absolute atomic E-state index is 0.124. The van der Waals surface area contributed by atoms with Crippen LogP contribution < -0.4 is 5.32 Å². The third-order valence-electron chi connectivity index (χ3n) is 5.22. The summed E-state index contributed by atoms with van der Waals surface area (Å²) in [6.07, 6.45) is 2.13. The normalized spacial score (nSPS) is 17.9. The Morgan fingerprint density at radius 1 is 1.17 bits per heavy atom.